The third-order valence-electron chi connectivity index (χ3n) is 3.79. The second-order valence-corrected chi connectivity index (χ2v) is 6.00. The maximum absolute atomic E-state index is 12.3. The Morgan fingerprint density at radius 3 is 2.57 bits per heavy atom. The highest BCUT2D eigenvalue weighted by Crippen LogP contribution is 2.11. The van der Waals surface area contributed by atoms with Gasteiger partial charge in [-0.05, 0) is 26.2 Å². The lowest BCUT2D eigenvalue weighted by Crippen LogP contribution is -2.41. The first-order valence-electron chi connectivity index (χ1n) is 7.60. The van der Waals surface area contributed by atoms with Crippen molar-refractivity contribution in [3.63, 3.8) is 0 Å². The summed E-state index contributed by atoms with van der Waals surface area (Å²) in [5.41, 5.74) is 0.949. The van der Waals surface area contributed by atoms with Gasteiger partial charge in [0.2, 0.25) is 5.91 Å². The van der Waals surface area contributed by atoms with Crippen LogP contribution in [-0.4, -0.2) is 39.7 Å². The number of aliphatic hydroxyl groups excluding tert-OH is 1. The van der Waals surface area contributed by atoms with Gasteiger partial charge in [-0.2, -0.15) is 0 Å². The van der Waals surface area contributed by atoms with E-state index >= 15 is 0 Å². The summed E-state index contributed by atoms with van der Waals surface area (Å²) in [5.74, 6) is 0.0682. The molecular formula is C15H26N2O3S. The molecule has 1 N–H and O–H groups in total. The van der Waals surface area contributed by atoms with Gasteiger partial charge in [-0.1, -0.05) is 25.2 Å². The van der Waals surface area contributed by atoms with Gasteiger partial charge >= 0.3 is 4.87 Å². The molecule has 0 fully saturated rings. The Kier molecular flexibility index (Phi) is 7.67. The van der Waals surface area contributed by atoms with E-state index in [0.29, 0.717) is 25.9 Å². The van der Waals surface area contributed by atoms with Gasteiger partial charge in [0.1, 0.15) is 0 Å². The second-order valence-electron chi connectivity index (χ2n) is 5.18. The zero-order valence-electron chi connectivity index (χ0n) is 13.2. The minimum Gasteiger partial charge on any atom is -0.395 e. The molecule has 120 valence electrons. The lowest BCUT2D eigenvalue weighted by atomic mass is 10.1. The third kappa shape index (κ3) is 4.97. The average Bonchev–Trinajstić information content (AvgIpc) is 2.79. The van der Waals surface area contributed by atoms with Crippen LogP contribution in [0.25, 0.3) is 0 Å². The van der Waals surface area contributed by atoms with Gasteiger partial charge in [0.25, 0.3) is 0 Å². The largest absolute Gasteiger partial charge is 0.395 e. The molecule has 0 bridgehead atoms. The molecule has 0 aromatic carbocycles. The summed E-state index contributed by atoms with van der Waals surface area (Å²) >= 11 is 1.20. The Labute approximate surface area is 130 Å². The summed E-state index contributed by atoms with van der Waals surface area (Å²) in [6.07, 6.45) is 2.85. The predicted molar refractivity (Wildman–Crippen MR) is 85.7 cm³/mol. The van der Waals surface area contributed by atoms with Crippen LogP contribution in [0.2, 0.25) is 0 Å². The normalized spacial score (nSPS) is 11.1. The topological polar surface area (TPSA) is 62.5 Å². The van der Waals surface area contributed by atoms with Crippen LogP contribution in [0.1, 0.15) is 45.2 Å². The van der Waals surface area contributed by atoms with E-state index in [1.807, 2.05) is 12.3 Å². The fourth-order valence-corrected chi connectivity index (χ4v) is 3.32. The number of aryl methyl sites for hydroxylation is 1. The van der Waals surface area contributed by atoms with Crippen molar-refractivity contribution in [1.82, 2.24) is 9.47 Å². The summed E-state index contributed by atoms with van der Waals surface area (Å²) in [5, 5.41) is 11.0. The third-order valence-corrected chi connectivity index (χ3v) is 4.67. The fraction of sp³-hybridized carbons (Fsp3) is 0.733. The number of amides is 1. The average molecular weight is 314 g/mol. The second kappa shape index (κ2) is 9.00. The van der Waals surface area contributed by atoms with Crippen LogP contribution in [0.4, 0.5) is 0 Å². The van der Waals surface area contributed by atoms with E-state index in [1.165, 1.54) is 11.3 Å². The Morgan fingerprint density at radius 1 is 1.43 bits per heavy atom. The molecule has 0 aliphatic heterocycles. The zero-order chi connectivity index (χ0) is 15.8. The maximum Gasteiger partial charge on any atom is 0.307 e. The van der Waals surface area contributed by atoms with Crippen molar-refractivity contribution in [1.29, 1.82) is 0 Å². The van der Waals surface area contributed by atoms with Crippen molar-refractivity contribution >= 4 is 17.2 Å². The number of rotatable bonds is 9. The lowest BCUT2D eigenvalue weighted by molar-refractivity contribution is -0.134. The number of hydrogen-bond acceptors (Lipinski definition) is 4. The van der Waals surface area contributed by atoms with Crippen LogP contribution >= 0.6 is 11.3 Å². The number of hydrogen-bond donors (Lipinski definition) is 1. The van der Waals surface area contributed by atoms with Crippen LogP contribution < -0.4 is 4.87 Å². The van der Waals surface area contributed by atoms with E-state index < -0.39 is 0 Å². The first-order chi connectivity index (χ1) is 10.0. The van der Waals surface area contributed by atoms with Crippen molar-refractivity contribution in [2.45, 2.75) is 59.0 Å². The van der Waals surface area contributed by atoms with Gasteiger partial charge in [0, 0.05) is 36.6 Å². The predicted octanol–water partition coefficient (Wildman–Crippen LogP) is 2.01. The molecule has 1 rings (SSSR count). The molecule has 0 unspecified atom stereocenters. The van der Waals surface area contributed by atoms with E-state index in [9.17, 15) is 9.59 Å². The molecule has 0 atom stereocenters. The minimum atomic E-state index is -0.00859. The van der Waals surface area contributed by atoms with Gasteiger partial charge in [-0.15, -0.1) is 0 Å². The van der Waals surface area contributed by atoms with Crippen molar-refractivity contribution in [3.8, 4) is 0 Å². The van der Waals surface area contributed by atoms with Crippen molar-refractivity contribution in [2.24, 2.45) is 0 Å². The molecule has 21 heavy (non-hydrogen) atoms. The fourth-order valence-electron chi connectivity index (χ4n) is 2.55. The summed E-state index contributed by atoms with van der Waals surface area (Å²) in [7, 11) is 0. The number of carbonyl (C=O) groups is 1. The SMILES string of the molecule is CCC(CC)N(CCO)C(=O)CCCn1c(C)csc1=O. The first kappa shape index (κ1) is 17.9. The van der Waals surface area contributed by atoms with Gasteiger partial charge in [-0.25, -0.2) is 0 Å². The van der Waals surface area contributed by atoms with Crippen LogP contribution in [0.5, 0.6) is 0 Å². The molecule has 1 aromatic rings. The summed E-state index contributed by atoms with van der Waals surface area (Å²) in [6, 6.07) is 0.190. The van der Waals surface area contributed by atoms with Gasteiger partial charge in [0.05, 0.1) is 6.61 Å². The monoisotopic (exact) mass is 314 g/mol. The van der Waals surface area contributed by atoms with Crippen molar-refractivity contribution in [3.05, 3.63) is 20.7 Å². The molecule has 1 aromatic heterocycles. The number of thiazole rings is 1. The molecule has 0 saturated heterocycles. The first-order valence-corrected chi connectivity index (χ1v) is 8.48. The Morgan fingerprint density at radius 2 is 2.10 bits per heavy atom. The van der Waals surface area contributed by atoms with Crippen LogP contribution in [0.15, 0.2) is 10.2 Å². The van der Waals surface area contributed by atoms with Gasteiger partial charge < -0.3 is 14.6 Å². The van der Waals surface area contributed by atoms with E-state index in [4.69, 9.17) is 5.11 Å². The number of aromatic nitrogens is 1. The molecular weight excluding hydrogens is 288 g/mol. The molecule has 1 amide bonds. The quantitative estimate of drug-likeness (QED) is 0.758. The Balaban J connectivity index is 2.56. The molecule has 0 saturated carbocycles. The standard InChI is InChI=1S/C15H26N2O3S/c1-4-13(5-2)17(9-10-18)14(19)7-6-8-16-12(3)11-21-15(16)20/h11,13,18H,4-10H2,1-3H3. The lowest BCUT2D eigenvalue weighted by Gasteiger charge is -2.30. The molecule has 1 heterocycles. The van der Waals surface area contributed by atoms with Crippen LogP contribution in [0, 0.1) is 6.92 Å². The highest BCUT2D eigenvalue weighted by atomic mass is 32.1. The molecule has 6 heteroatoms. The Bertz CT molecular complexity index is 491. The zero-order valence-corrected chi connectivity index (χ0v) is 14.0. The summed E-state index contributed by atoms with van der Waals surface area (Å²) in [4.78, 5) is 25.7. The van der Waals surface area contributed by atoms with E-state index in [1.54, 1.807) is 9.47 Å². The van der Waals surface area contributed by atoms with Gasteiger partial charge in [-0.3, -0.25) is 9.59 Å². The Hall–Kier alpha value is -1.14. The maximum atomic E-state index is 12.3. The van der Waals surface area contributed by atoms with Crippen LogP contribution in [0.3, 0.4) is 0 Å². The number of nitrogens with zero attached hydrogens (tertiary/aromatic N) is 2. The van der Waals surface area contributed by atoms with Crippen LogP contribution in [-0.2, 0) is 11.3 Å². The summed E-state index contributed by atoms with van der Waals surface area (Å²) < 4.78 is 1.71. The molecule has 0 aliphatic rings. The van der Waals surface area contributed by atoms with E-state index in [-0.39, 0.29) is 23.4 Å². The summed E-state index contributed by atoms with van der Waals surface area (Å²) in [6.45, 7) is 6.98. The van der Waals surface area contributed by atoms with Crippen molar-refractivity contribution < 1.29 is 9.90 Å². The van der Waals surface area contributed by atoms with Crippen molar-refractivity contribution in [2.75, 3.05) is 13.2 Å². The van der Waals surface area contributed by atoms with Gasteiger partial charge in [0.15, 0.2) is 0 Å². The number of carbonyl (C=O) groups excluding carboxylic acids is 1. The smallest absolute Gasteiger partial charge is 0.307 e. The molecule has 0 aliphatic carbocycles. The highest BCUT2D eigenvalue weighted by Gasteiger charge is 2.20. The van der Waals surface area contributed by atoms with E-state index in [2.05, 4.69) is 13.8 Å². The molecule has 5 nitrogen and oxygen atoms in total. The molecule has 0 spiro atoms. The molecule has 0 radical (unpaired) electrons. The van der Waals surface area contributed by atoms with E-state index in [0.717, 1.165) is 18.5 Å². The highest BCUT2D eigenvalue weighted by molar-refractivity contribution is 7.07. The number of aliphatic hydroxyl groups is 1. The minimum absolute atomic E-state index is 0.00859.